The molecule has 0 bridgehead atoms. The largest absolute Gasteiger partial charge is 0.449 e. The van der Waals surface area contributed by atoms with E-state index in [4.69, 9.17) is 9.47 Å². The summed E-state index contributed by atoms with van der Waals surface area (Å²) in [7, 11) is 0. The maximum atomic E-state index is 6.98. The Balaban J connectivity index is 0.947. The van der Waals surface area contributed by atoms with Crippen LogP contribution in [0.4, 0.5) is 17.1 Å². The molecule has 0 saturated carbocycles. The summed E-state index contributed by atoms with van der Waals surface area (Å²) in [6.45, 7) is 0. The molecule has 3 nitrogen and oxygen atoms in total. The van der Waals surface area contributed by atoms with Crippen molar-refractivity contribution in [3.63, 3.8) is 0 Å². The van der Waals surface area contributed by atoms with Crippen molar-refractivity contribution < 1.29 is 9.47 Å². The summed E-state index contributed by atoms with van der Waals surface area (Å²) in [5, 5.41) is 2.60. The van der Waals surface area contributed by atoms with Crippen LogP contribution in [0.25, 0.3) is 53.6 Å². The molecule has 13 rings (SSSR count). The molecule has 9 aromatic carbocycles. The first-order chi connectivity index (χ1) is 29.2. The zero-order chi connectivity index (χ0) is 38.7. The van der Waals surface area contributed by atoms with Crippen molar-refractivity contribution in [2.45, 2.75) is 5.41 Å². The monoisotopic (exact) mass is 771 g/mol. The Labute approximate surface area is 345 Å². The molecule has 1 aromatic heterocycles. The second kappa shape index (κ2) is 12.3. The van der Waals surface area contributed by atoms with Crippen LogP contribution in [0.3, 0.4) is 0 Å². The van der Waals surface area contributed by atoms with E-state index in [0.29, 0.717) is 17.2 Å². The van der Waals surface area contributed by atoms with Crippen molar-refractivity contribution in [1.82, 2.24) is 0 Å². The number of hydrogen-bond donors (Lipinski definition) is 0. The first kappa shape index (κ1) is 32.7. The minimum absolute atomic E-state index is 0.466. The summed E-state index contributed by atoms with van der Waals surface area (Å²) in [5.74, 6) is 2.80. The highest BCUT2D eigenvalue weighted by Gasteiger charge is 2.52. The number of rotatable bonds is 4. The van der Waals surface area contributed by atoms with E-state index in [0.717, 1.165) is 28.4 Å². The molecule has 1 aliphatic heterocycles. The number of anilines is 3. The molecule has 1 spiro atoms. The number of thiophene rings is 1. The van der Waals surface area contributed by atoms with Crippen molar-refractivity contribution in [3.05, 3.63) is 222 Å². The van der Waals surface area contributed by atoms with Gasteiger partial charge in [-0.25, -0.2) is 0 Å². The van der Waals surface area contributed by atoms with Gasteiger partial charge in [0.25, 0.3) is 0 Å². The lowest BCUT2D eigenvalue weighted by Crippen LogP contribution is -2.25. The summed E-state index contributed by atoms with van der Waals surface area (Å²) < 4.78 is 16.3. The number of hydrogen-bond acceptors (Lipinski definition) is 4. The van der Waals surface area contributed by atoms with Crippen LogP contribution in [0, 0.1) is 0 Å². The zero-order valence-corrected chi connectivity index (χ0v) is 32.5. The molecule has 276 valence electrons. The molecule has 0 fully saturated rings. The summed E-state index contributed by atoms with van der Waals surface area (Å²) in [4.78, 5) is 2.32. The van der Waals surface area contributed by atoms with Gasteiger partial charge in [-0.05, 0) is 105 Å². The van der Waals surface area contributed by atoms with Gasteiger partial charge in [-0.2, -0.15) is 0 Å². The molecule has 10 aromatic rings. The molecule has 0 saturated heterocycles. The van der Waals surface area contributed by atoms with Crippen molar-refractivity contribution in [1.29, 1.82) is 0 Å². The quantitative estimate of drug-likeness (QED) is 0.178. The number of benzene rings is 9. The Morgan fingerprint density at radius 3 is 1.69 bits per heavy atom. The fourth-order valence-electron chi connectivity index (χ4n) is 10.1. The summed E-state index contributed by atoms with van der Waals surface area (Å²) >= 11 is 1.85. The van der Waals surface area contributed by atoms with Crippen LogP contribution in [0.2, 0.25) is 0 Å². The normalized spacial score (nSPS) is 13.5. The molecular weight excluding hydrogens is 739 g/mol. The highest BCUT2D eigenvalue weighted by Crippen LogP contribution is 2.64. The molecule has 0 N–H and O–H groups in total. The van der Waals surface area contributed by atoms with Gasteiger partial charge in [0.2, 0.25) is 0 Å². The Morgan fingerprint density at radius 2 is 0.932 bits per heavy atom. The molecule has 3 aliphatic rings. The van der Waals surface area contributed by atoms with Crippen LogP contribution in [0.15, 0.2) is 200 Å². The van der Waals surface area contributed by atoms with Crippen LogP contribution in [-0.2, 0) is 5.41 Å². The topological polar surface area (TPSA) is 21.7 Å². The lowest BCUT2D eigenvalue weighted by molar-refractivity contribution is 0.359. The average molecular weight is 772 g/mol. The van der Waals surface area contributed by atoms with E-state index in [1.807, 2.05) is 17.4 Å². The van der Waals surface area contributed by atoms with E-state index in [1.54, 1.807) is 0 Å². The fourth-order valence-corrected chi connectivity index (χ4v) is 11.3. The Kier molecular flexibility index (Phi) is 6.81. The fraction of sp³-hybridized carbons (Fsp3) is 0.0182. The van der Waals surface area contributed by atoms with E-state index in [9.17, 15) is 0 Å². The van der Waals surface area contributed by atoms with Gasteiger partial charge in [0, 0.05) is 37.5 Å². The van der Waals surface area contributed by atoms with E-state index in [2.05, 4.69) is 199 Å². The van der Waals surface area contributed by atoms with Gasteiger partial charge in [0.05, 0.1) is 16.8 Å². The number of ether oxygens (including phenoxy) is 2. The highest BCUT2D eigenvalue weighted by molar-refractivity contribution is 7.25. The lowest BCUT2D eigenvalue weighted by Gasteiger charge is -2.31. The molecular formula is C55H33NO2S. The number of para-hydroxylation sites is 2. The maximum Gasteiger partial charge on any atom is 0.172 e. The van der Waals surface area contributed by atoms with E-state index >= 15 is 0 Å². The van der Waals surface area contributed by atoms with Gasteiger partial charge >= 0.3 is 0 Å². The Bertz CT molecular complexity index is 3320. The van der Waals surface area contributed by atoms with Crippen molar-refractivity contribution in [2.24, 2.45) is 0 Å². The molecule has 59 heavy (non-hydrogen) atoms. The van der Waals surface area contributed by atoms with Gasteiger partial charge in [-0.1, -0.05) is 140 Å². The molecule has 2 heterocycles. The maximum absolute atomic E-state index is 6.98. The molecule has 0 atom stereocenters. The molecule has 2 aliphatic carbocycles. The third kappa shape index (κ3) is 4.58. The van der Waals surface area contributed by atoms with Crippen molar-refractivity contribution in [2.75, 3.05) is 4.90 Å². The highest BCUT2D eigenvalue weighted by atomic mass is 32.1. The van der Waals surface area contributed by atoms with Gasteiger partial charge < -0.3 is 14.4 Å². The first-order valence-corrected chi connectivity index (χ1v) is 20.9. The van der Waals surface area contributed by atoms with Crippen LogP contribution in [0.5, 0.6) is 23.0 Å². The van der Waals surface area contributed by atoms with Gasteiger partial charge in [-0.3, -0.25) is 0 Å². The summed E-state index contributed by atoms with van der Waals surface area (Å²) in [6.07, 6.45) is 0. The Morgan fingerprint density at radius 1 is 0.356 bits per heavy atom. The van der Waals surface area contributed by atoms with Crippen molar-refractivity contribution >= 4 is 48.6 Å². The number of nitrogens with zero attached hydrogens (tertiary/aromatic N) is 1. The van der Waals surface area contributed by atoms with Gasteiger partial charge in [0.15, 0.2) is 23.0 Å². The predicted octanol–water partition coefficient (Wildman–Crippen LogP) is 15.4. The van der Waals surface area contributed by atoms with E-state index in [1.165, 1.54) is 70.2 Å². The van der Waals surface area contributed by atoms with Crippen LogP contribution < -0.4 is 14.4 Å². The Hall–Kier alpha value is -7.40. The van der Waals surface area contributed by atoms with Gasteiger partial charge in [0.1, 0.15) is 0 Å². The second-order valence-electron chi connectivity index (χ2n) is 15.6. The predicted molar refractivity (Wildman–Crippen MR) is 242 cm³/mol. The first-order valence-electron chi connectivity index (χ1n) is 20.1. The van der Waals surface area contributed by atoms with Crippen LogP contribution in [0.1, 0.15) is 22.3 Å². The van der Waals surface area contributed by atoms with E-state index in [-0.39, 0.29) is 0 Å². The lowest BCUT2D eigenvalue weighted by atomic mass is 9.70. The van der Waals surface area contributed by atoms with Crippen LogP contribution >= 0.6 is 11.3 Å². The standard InChI is InChI=1S/C55H33NO2S/c1-2-14-35(15-3-1)56(48-24-12-7-16-37(48)34-26-28-42-41-20-8-13-25-53(41)59-54(42)30-34)36-27-29-49-50(31-36)58-52-33-47-43(32-51(52)57-49)40-19-6-11-23-46(40)55(47)44-21-9-4-17-38(44)39-18-5-10-22-45(39)55/h1-33H. The van der Waals surface area contributed by atoms with Gasteiger partial charge in [-0.15, -0.1) is 11.3 Å². The molecule has 4 heteroatoms. The SMILES string of the molecule is c1ccc(N(c2ccc3c(c2)Oc2cc4c(cc2O3)-c2ccccc2C42c3ccccc3-c3ccccc32)c2ccccc2-c2ccc3c(c2)sc2ccccc23)cc1. The minimum atomic E-state index is -0.466. The molecule has 0 unspecified atom stereocenters. The smallest absolute Gasteiger partial charge is 0.172 e. The minimum Gasteiger partial charge on any atom is -0.449 e. The van der Waals surface area contributed by atoms with Crippen LogP contribution in [-0.4, -0.2) is 0 Å². The third-order valence-corrected chi connectivity index (χ3v) is 13.7. The third-order valence-electron chi connectivity index (χ3n) is 12.5. The number of fused-ring (bicyclic) bond motifs is 15. The average Bonchev–Trinajstić information content (AvgIpc) is 3.92. The van der Waals surface area contributed by atoms with E-state index < -0.39 is 5.41 Å². The summed E-state index contributed by atoms with van der Waals surface area (Å²) in [6, 6.07) is 72.2. The molecule has 0 radical (unpaired) electrons. The zero-order valence-electron chi connectivity index (χ0n) is 31.7. The second-order valence-corrected chi connectivity index (χ2v) is 16.6. The van der Waals surface area contributed by atoms with Crippen molar-refractivity contribution in [3.8, 4) is 56.4 Å². The molecule has 0 amide bonds. The summed E-state index contributed by atoms with van der Waals surface area (Å²) in [5.41, 5.74) is 15.0.